The van der Waals surface area contributed by atoms with Crippen molar-refractivity contribution in [1.29, 1.82) is 0 Å². The molecule has 1 atom stereocenters. The van der Waals surface area contributed by atoms with E-state index in [1.165, 1.54) is 173 Å². The summed E-state index contributed by atoms with van der Waals surface area (Å²) in [5.74, 6) is -0.887. The van der Waals surface area contributed by atoms with Crippen molar-refractivity contribution < 1.29 is 28.6 Å². The van der Waals surface area contributed by atoms with Gasteiger partial charge in [-0.3, -0.25) is 14.4 Å². The zero-order chi connectivity index (χ0) is 55.0. The maximum atomic E-state index is 12.9. The number of ether oxygens (including phenoxy) is 3. The molecular formula is C70H122O6. The largest absolute Gasteiger partial charge is 0.462 e. The fourth-order valence-corrected chi connectivity index (χ4v) is 9.27. The lowest BCUT2D eigenvalue weighted by Gasteiger charge is -2.18. The van der Waals surface area contributed by atoms with E-state index in [9.17, 15) is 14.4 Å². The first-order valence-electron chi connectivity index (χ1n) is 32.6. The Morgan fingerprint density at radius 2 is 0.513 bits per heavy atom. The third-order valence-electron chi connectivity index (χ3n) is 14.1. The van der Waals surface area contributed by atoms with Crippen LogP contribution in [0.3, 0.4) is 0 Å². The van der Waals surface area contributed by atoms with Gasteiger partial charge >= 0.3 is 17.9 Å². The SMILES string of the molecule is CC/C=C\C/C=C\C/C=C\C/C=C\CCCCCCCCC(=O)OC(COC(=O)CCCCCCCCCC)COC(=O)CCCCCCCCCCCCCCCCCC/C=C\C/C=C\C/C=C\CCCCCCC. The third-order valence-corrected chi connectivity index (χ3v) is 14.1. The summed E-state index contributed by atoms with van der Waals surface area (Å²) in [6.45, 7) is 6.50. The average molecular weight is 1060 g/mol. The van der Waals surface area contributed by atoms with Crippen LogP contribution in [0, 0.1) is 0 Å². The number of hydrogen-bond donors (Lipinski definition) is 0. The van der Waals surface area contributed by atoms with Gasteiger partial charge in [0.05, 0.1) is 0 Å². The molecule has 0 amide bonds. The van der Waals surface area contributed by atoms with Crippen LogP contribution in [0.15, 0.2) is 85.1 Å². The second-order valence-corrected chi connectivity index (χ2v) is 21.6. The molecule has 0 aromatic rings. The van der Waals surface area contributed by atoms with Crippen LogP contribution in [0.1, 0.15) is 323 Å². The first kappa shape index (κ1) is 72.6. The van der Waals surface area contributed by atoms with Gasteiger partial charge in [-0.05, 0) is 96.3 Å². The summed E-state index contributed by atoms with van der Waals surface area (Å²) in [6.07, 6.45) is 84.7. The van der Waals surface area contributed by atoms with Crippen molar-refractivity contribution in [2.75, 3.05) is 13.2 Å². The molecule has 0 spiro atoms. The molecule has 0 aliphatic carbocycles. The first-order valence-corrected chi connectivity index (χ1v) is 32.6. The number of esters is 3. The number of hydrogen-bond acceptors (Lipinski definition) is 6. The minimum atomic E-state index is -0.782. The van der Waals surface area contributed by atoms with Crippen LogP contribution in [0.4, 0.5) is 0 Å². The zero-order valence-electron chi connectivity index (χ0n) is 50.3. The molecule has 0 heterocycles. The van der Waals surface area contributed by atoms with Crippen molar-refractivity contribution in [2.24, 2.45) is 0 Å². The maximum absolute atomic E-state index is 12.9. The normalized spacial score (nSPS) is 12.6. The van der Waals surface area contributed by atoms with Gasteiger partial charge < -0.3 is 14.2 Å². The van der Waals surface area contributed by atoms with E-state index >= 15 is 0 Å². The highest BCUT2D eigenvalue weighted by Crippen LogP contribution is 2.17. The first-order chi connectivity index (χ1) is 37.5. The number of rotatable bonds is 59. The van der Waals surface area contributed by atoms with Crippen LogP contribution in [0.2, 0.25) is 0 Å². The standard InChI is InChI=1S/C70H122O6/c1-4-7-10-13-16-19-21-23-25-27-29-30-31-32-33-34-35-36-37-38-39-40-42-43-45-47-49-51-54-57-60-63-69(72)75-66-67(65-74-68(71)62-59-56-53-18-15-12-9-6-3)76-70(73)64-61-58-55-52-50-48-46-44-41-28-26-24-22-20-17-14-11-8-5-2/h8,11,17,20-21,23-24,26-27,29,31-32,41,44,67H,4-7,9-10,12-16,18-19,22,25,28,30,33-40,42-43,45-66H2,1-3H3/b11-8-,20-17-,23-21-,26-24-,29-27-,32-31-,44-41-. The van der Waals surface area contributed by atoms with Crippen LogP contribution >= 0.6 is 0 Å². The van der Waals surface area contributed by atoms with Crippen molar-refractivity contribution >= 4 is 17.9 Å². The van der Waals surface area contributed by atoms with E-state index in [4.69, 9.17) is 14.2 Å². The lowest BCUT2D eigenvalue weighted by molar-refractivity contribution is -0.167. The summed E-state index contributed by atoms with van der Waals surface area (Å²) in [5, 5.41) is 0. The number of allylic oxidation sites excluding steroid dienone is 14. The summed E-state index contributed by atoms with van der Waals surface area (Å²) in [5.41, 5.74) is 0. The third kappa shape index (κ3) is 61.4. The Hall–Kier alpha value is -3.41. The minimum absolute atomic E-state index is 0.0796. The molecule has 0 aliphatic rings. The van der Waals surface area contributed by atoms with E-state index in [-0.39, 0.29) is 31.1 Å². The summed E-state index contributed by atoms with van der Waals surface area (Å²) in [7, 11) is 0. The van der Waals surface area contributed by atoms with Crippen LogP contribution in [-0.2, 0) is 28.6 Å². The van der Waals surface area contributed by atoms with Crippen molar-refractivity contribution in [3.8, 4) is 0 Å². The van der Waals surface area contributed by atoms with Gasteiger partial charge in [-0.25, -0.2) is 0 Å². The van der Waals surface area contributed by atoms with Gasteiger partial charge in [0.2, 0.25) is 0 Å². The minimum Gasteiger partial charge on any atom is -0.462 e. The molecule has 6 heteroatoms. The van der Waals surface area contributed by atoms with Gasteiger partial charge in [0.15, 0.2) is 6.10 Å². The van der Waals surface area contributed by atoms with Crippen molar-refractivity contribution in [3.63, 3.8) is 0 Å². The molecule has 0 aromatic carbocycles. The van der Waals surface area contributed by atoms with Gasteiger partial charge in [-0.2, -0.15) is 0 Å². The topological polar surface area (TPSA) is 78.9 Å². The molecule has 76 heavy (non-hydrogen) atoms. The number of unbranched alkanes of at least 4 members (excludes halogenated alkanes) is 34. The maximum Gasteiger partial charge on any atom is 0.306 e. The van der Waals surface area contributed by atoms with Crippen LogP contribution in [0.5, 0.6) is 0 Å². The Labute approximate surface area is 471 Å². The van der Waals surface area contributed by atoms with Gasteiger partial charge in [0.25, 0.3) is 0 Å². The van der Waals surface area contributed by atoms with Crippen LogP contribution in [-0.4, -0.2) is 37.2 Å². The highest BCUT2D eigenvalue weighted by Gasteiger charge is 2.19. The molecular weight excluding hydrogens is 937 g/mol. The summed E-state index contributed by atoms with van der Waals surface area (Å²) in [6, 6.07) is 0. The van der Waals surface area contributed by atoms with E-state index in [0.717, 1.165) is 109 Å². The highest BCUT2D eigenvalue weighted by atomic mass is 16.6. The quantitative estimate of drug-likeness (QED) is 0.0261. The highest BCUT2D eigenvalue weighted by molar-refractivity contribution is 5.71. The van der Waals surface area contributed by atoms with Crippen LogP contribution in [0.25, 0.3) is 0 Å². The molecule has 0 saturated heterocycles. The van der Waals surface area contributed by atoms with E-state index in [1.54, 1.807) is 0 Å². The second-order valence-electron chi connectivity index (χ2n) is 21.6. The summed E-state index contributed by atoms with van der Waals surface area (Å²) < 4.78 is 16.9. The number of carbonyl (C=O) groups excluding carboxylic acids is 3. The molecule has 0 bridgehead atoms. The average Bonchev–Trinajstić information content (AvgIpc) is 3.42. The molecule has 0 N–H and O–H groups in total. The van der Waals surface area contributed by atoms with Crippen molar-refractivity contribution in [2.45, 2.75) is 329 Å². The molecule has 0 radical (unpaired) electrons. The Balaban J connectivity index is 4.11. The zero-order valence-corrected chi connectivity index (χ0v) is 50.3. The smallest absolute Gasteiger partial charge is 0.306 e. The van der Waals surface area contributed by atoms with Crippen molar-refractivity contribution in [1.82, 2.24) is 0 Å². The second kappa shape index (κ2) is 64.1. The summed E-state index contributed by atoms with van der Waals surface area (Å²) >= 11 is 0. The molecule has 1 unspecified atom stereocenters. The van der Waals surface area contributed by atoms with Gasteiger partial charge in [0, 0.05) is 19.3 Å². The monoisotopic (exact) mass is 1060 g/mol. The molecule has 6 nitrogen and oxygen atoms in total. The predicted octanol–water partition coefficient (Wildman–Crippen LogP) is 22.3. The number of carbonyl (C=O) groups is 3. The van der Waals surface area contributed by atoms with E-state index in [1.807, 2.05) is 0 Å². The fourth-order valence-electron chi connectivity index (χ4n) is 9.27. The van der Waals surface area contributed by atoms with E-state index in [0.29, 0.717) is 19.3 Å². The molecule has 0 aliphatic heterocycles. The molecule has 438 valence electrons. The van der Waals surface area contributed by atoms with Gasteiger partial charge in [-0.15, -0.1) is 0 Å². The Kier molecular flexibility index (Phi) is 61.2. The fraction of sp³-hybridized carbons (Fsp3) is 0.757. The Bertz CT molecular complexity index is 1450. The van der Waals surface area contributed by atoms with Gasteiger partial charge in [0.1, 0.15) is 13.2 Å². The van der Waals surface area contributed by atoms with Crippen molar-refractivity contribution in [3.05, 3.63) is 85.1 Å². The van der Waals surface area contributed by atoms with Gasteiger partial charge in [-0.1, -0.05) is 292 Å². The Morgan fingerprint density at radius 3 is 0.803 bits per heavy atom. The van der Waals surface area contributed by atoms with E-state index < -0.39 is 6.10 Å². The predicted molar refractivity (Wildman–Crippen MR) is 330 cm³/mol. The van der Waals surface area contributed by atoms with Crippen LogP contribution < -0.4 is 0 Å². The Morgan fingerprint density at radius 1 is 0.276 bits per heavy atom. The lowest BCUT2D eigenvalue weighted by atomic mass is 10.0. The molecule has 0 fully saturated rings. The lowest BCUT2D eigenvalue weighted by Crippen LogP contribution is -2.30. The van der Waals surface area contributed by atoms with E-state index in [2.05, 4.69) is 106 Å². The summed E-state index contributed by atoms with van der Waals surface area (Å²) in [4.78, 5) is 38.1. The molecule has 0 aromatic heterocycles. The molecule has 0 saturated carbocycles. The molecule has 0 rings (SSSR count).